The predicted molar refractivity (Wildman–Crippen MR) is 122 cm³/mol. The molecule has 0 saturated carbocycles. The van der Waals surface area contributed by atoms with Crippen LogP contribution in [-0.4, -0.2) is 67.7 Å². The molecule has 4 rings (SSSR count). The second-order valence-electron chi connectivity index (χ2n) is 7.71. The summed E-state index contributed by atoms with van der Waals surface area (Å²) in [6.07, 6.45) is 2.95. The van der Waals surface area contributed by atoms with E-state index in [2.05, 4.69) is 20.0 Å². The lowest BCUT2D eigenvalue weighted by molar-refractivity contribution is -0.384. The van der Waals surface area contributed by atoms with Crippen LogP contribution in [0.3, 0.4) is 0 Å². The quantitative estimate of drug-likeness (QED) is 0.317. The predicted octanol–water partition coefficient (Wildman–Crippen LogP) is 2.65. The van der Waals surface area contributed by atoms with E-state index in [4.69, 9.17) is 0 Å². The van der Waals surface area contributed by atoms with Crippen LogP contribution >= 0.6 is 11.8 Å². The van der Waals surface area contributed by atoms with E-state index in [0.717, 1.165) is 22.6 Å². The van der Waals surface area contributed by atoms with E-state index in [-0.39, 0.29) is 11.6 Å². The van der Waals surface area contributed by atoms with Gasteiger partial charge in [-0.1, -0.05) is 11.8 Å². The van der Waals surface area contributed by atoms with Gasteiger partial charge in [0.05, 0.1) is 4.92 Å². The molecular weight excluding hydrogens is 430 g/mol. The van der Waals surface area contributed by atoms with Crippen molar-refractivity contribution in [1.82, 2.24) is 24.5 Å². The van der Waals surface area contributed by atoms with Crippen LogP contribution in [0.15, 0.2) is 29.4 Å². The second kappa shape index (κ2) is 9.11. The van der Waals surface area contributed by atoms with Gasteiger partial charge in [0.25, 0.3) is 11.5 Å². The second-order valence-corrected chi connectivity index (χ2v) is 8.49. The molecule has 3 aromatic rings. The zero-order valence-corrected chi connectivity index (χ0v) is 19.1. The Morgan fingerprint density at radius 3 is 2.44 bits per heavy atom. The van der Waals surface area contributed by atoms with Crippen LogP contribution in [0, 0.1) is 24.0 Å². The number of thioether (sulfide) groups is 1. The molecule has 1 fully saturated rings. The highest BCUT2D eigenvalue weighted by Gasteiger charge is 2.22. The zero-order chi connectivity index (χ0) is 22.8. The summed E-state index contributed by atoms with van der Waals surface area (Å²) in [4.78, 5) is 36.3. The number of benzene rings is 1. The van der Waals surface area contributed by atoms with Gasteiger partial charge in [0.2, 0.25) is 11.1 Å². The van der Waals surface area contributed by atoms with Crippen LogP contribution in [0.4, 0.5) is 11.4 Å². The summed E-state index contributed by atoms with van der Waals surface area (Å²) in [6, 6.07) is 6.55. The lowest BCUT2D eigenvalue weighted by Gasteiger charge is -2.36. The van der Waals surface area contributed by atoms with Crippen molar-refractivity contribution in [3.05, 3.63) is 51.3 Å². The Hall–Kier alpha value is -3.21. The molecule has 0 spiro atoms. The fourth-order valence-electron chi connectivity index (χ4n) is 4.03. The molecule has 3 heterocycles. The minimum atomic E-state index is -0.401. The summed E-state index contributed by atoms with van der Waals surface area (Å²) >= 11 is 1.47. The first kappa shape index (κ1) is 22.0. The van der Waals surface area contributed by atoms with Crippen LogP contribution in [-0.2, 0) is 11.2 Å². The summed E-state index contributed by atoms with van der Waals surface area (Å²) < 4.78 is 1.75. The van der Waals surface area contributed by atoms with Crippen LogP contribution < -0.4 is 4.90 Å². The van der Waals surface area contributed by atoms with Crippen LogP contribution in [0.5, 0.6) is 0 Å². The van der Waals surface area contributed by atoms with Gasteiger partial charge in [-0.25, -0.2) is 9.50 Å². The van der Waals surface area contributed by atoms with Crippen LogP contribution in [0.25, 0.3) is 5.78 Å². The van der Waals surface area contributed by atoms with Gasteiger partial charge in [0.15, 0.2) is 0 Å². The maximum absolute atomic E-state index is 12.8. The Morgan fingerprint density at radius 2 is 1.81 bits per heavy atom. The van der Waals surface area contributed by atoms with Crippen molar-refractivity contribution in [2.75, 3.05) is 37.3 Å². The molecule has 0 atom stereocenters. The van der Waals surface area contributed by atoms with Crippen molar-refractivity contribution >= 4 is 34.8 Å². The average molecular weight is 456 g/mol. The monoisotopic (exact) mass is 455 g/mol. The Bertz CT molecular complexity index is 1150. The van der Waals surface area contributed by atoms with Crippen LogP contribution in [0.2, 0.25) is 0 Å². The van der Waals surface area contributed by atoms with Gasteiger partial charge in [0, 0.05) is 61.8 Å². The molecule has 1 amide bonds. The number of carbonyl (C=O) groups is 1. The molecule has 1 aromatic carbocycles. The lowest BCUT2D eigenvalue weighted by Crippen LogP contribution is -2.48. The minimum absolute atomic E-state index is 0.0800. The molecule has 0 bridgehead atoms. The zero-order valence-electron chi connectivity index (χ0n) is 18.3. The maximum Gasteiger partial charge on any atom is 0.269 e. The molecule has 0 radical (unpaired) electrons. The third-order valence-corrected chi connectivity index (χ3v) is 6.40. The first-order valence-corrected chi connectivity index (χ1v) is 11.6. The number of aromatic nitrogens is 4. The van der Waals surface area contributed by atoms with E-state index in [1.807, 2.05) is 25.0 Å². The largest absolute Gasteiger partial charge is 0.368 e. The molecular formula is C21H25N7O3S. The lowest BCUT2D eigenvalue weighted by atomic mass is 10.1. The van der Waals surface area contributed by atoms with Gasteiger partial charge >= 0.3 is 0 Å². The topological polar surface area (TPSA) is 110 Å². The van der Waals surface area contributed by atoms with Gasteiger partial charge in [0.1, 0.15) is 0 Å². The summed E-state index contributed by atoms with van der Waals surface area (Å²) in [5.41, 5.74) is 3.90. The highest BCUT2D eigenvalue weighted by Crippen LogP contribution is 2.22. The molecule has 0 N–H and O–H groups in total. The molecule has 1 aliphatic heterocycles. The summed E-state index contributed by atoms with van der Waals surface area (Å²) in [5.74, 6) is 0.706. The van der Waals surface area contributed by atoms with Crippen LogP contribution in [0.1, 0.15) is 23.4 Å². The highest BCUT2D eigenvalue weighted by atomic mass is 32.2. The van der Waals surface area contributed by atoms with E-state index in [9.17, 15) is 14.9 Å². The van der Waals surface area contributed by atoms with Crippen molar-refractivity contribution in [2.45, 2.75) is 31.8 Å². The number of aryl methyl sites for hydroxylation is 2. The van der Waals surface area contributed by atoms with E-state index in [1.165, 1.54) is 23.9 Å². The molecule has 2 aromatic heterocycles. The van der Waals surface area contributed by atoms with Crippen molar-refractivity contribution < 1.29 is 9.72 Å². The Morgan fingerprint density at radius 1 is 1.12 bits per heavy atom. The molecule has 10 nitrogen and oxygen atoms in total. The van der Waals surface area contributed by atoms with Crippen molar-refractivity contribution in [3.8, 4) is 0 Å². The molecule has 0 unspecified atom stereocenters. The number of fused-ring (bicyclic) bond motifs is 1. The SMILES string of the molecule is CSc1nc2nc(C)c(CCC(=O)N3CCN(c4ccc([N+](=O)[O-])cc4)CC3)c(C)n2n1. The first-order valence-electron chi connectivity index (χ1n) is 10.4. The number of nitro groups is 1. The molecule has 1 saturated heterocycles. The van der Waals surface area contributed by atoms with Gasteiger partial charge in [-0.15, -0.1) is 5.10 Å². The van der Waals surface area contributed by atoms with Gasteiger partial charge < -0.3 is 9.80 Å². The number of piperazine rings is 1. The Kier molecular flexibility index (Phi) is 6.26. The van der Waals surface area contributed by atoms with Gasteiger partial charge in [-0.05, 0) is 44.2 Å². The summed E-state index contributed by atoms with van der Waals surface area (Å²) in [5, 5.41) is 16.0. The number of hydrogen-bond acceptors (Lipinski definition) is 8. The van der Waals surface area contributed by atoms with Gasteiger partial charge in [-0.3, -0.25) is 14.9 Å². The van der Waals surface area contributed by atoms with E-state index < -0.39 is 4.92 Å². The molecule has 168 valence electrons. The number of nitro benzene ring substituents is 1. The standard InChI is InChI=1S/C21H25N7O3S/c1-14-18(15(2)27-20(22-14)23-21(24-27)32-3)8-9-19(29)26-12-10-25(11-13-26)16-4-6-17(7-5-16)28(30)31/h4-7H,8-13H2,1-3H3. The van der Waals surface area contributed by atoms with Crippen molar-refractivity contribution in [3.63, 3.8) is 0 Å². The fourth-order valence-corrected chi connectivity index (χ4v) is 4.36. The highest BCUT2D eigenvalue weighted by molar-refractivity contribution is 7.98. The number of non-ortho nitro benzene ring substituents is 1. The summed E-state index contributed by atoms with van der Waals surface area (Å²) in [7, 11) is 0. The Balaban J connectivity index is 1.36. The molecule has 0 aliphatic carbocycles. The number of carbonyl (C=O) groups excluding carboxylic acids is 1. The smallest absolute Gasteiger partial charge is 0.269 e. The Labute approximate surface area is 189 Å². The first-order chi connectivity index (χ1) is 15.4. The van der Waals surface area contributed by atoms with Crippen molar-refractivity contribution in [2.24, 2.45) is 0 Å². The number of amides is 1. The van der Waals surface area contributed by atoms with E-state index in [0.29, 0.717) is 50.0 Å². The van der Waals surface area contributed by atoms with Crippen molar-refractivity contribution in [1.29, 1.82) is 0 Å². The number of rotatable bonds is 6. The molecule has 11 heteroatoms. The third kappa shape index (κ3) is 4.38. The van der Waals surface area contributed by atoms with Gasteiger partial charge in [-0.2, -0.15) is 4.98 Å². The maximum atomic E-state index is 12.8. The fraction of sp³-hybridized carbons (Fsp3) is 0.429. The normalized spacial score (nSPS) is 14.2. The third-order valence-electron chi connectivity index (χ3n) is 5.86. The number of anilines is 1. The molecule has 32 heavy (non-hydrogen) atoms. The number of nitrogens with zero attached hydrogens (tertiary/aromatic N) is 7. The van der Waals surface area contributed by atoms with E-state index >= 15 is 0 Å². The summed E-state index contributed by atoms with van der Waals surface area (Å²) in [6.45, 7) is 6.60. The average Bonchev–Trinajstić information content (AvgIpc) is 3.22. The minimum Gasteiger partial charge on any atom is -0.368 e. The molecule has 1 aliphatic rings. The number of hydrogen-bond donors (Lipinski definition) is 0. The van der Waals surface area contributed by atoms with E-state index in [1.54, 1.807) is 16.6 Å².